The fourth-order valence-corrected chi connectivity index (χ4v) is 9.23. The monoisotopic (exact) mass is 656 g/mol. The normalized spacial score (nSPS) is 26.2. The Kier molecular flexibility index (Phi) is 7.37. The molecule has 1 aliphatic carbocycles. The predicted octanol–water partition coefficient (Wildman–Crippen LogP) is 5.21. The molecule has 6 nitrogen and oxygen atoms in total. The van der Waals surface area contributed by atoms with Crippen LogP contribution in [0.3, 0.4) is 0 Å². The Bertz CT molecular complexity index is 1630. The van der Waals surface area contributed by atoms with Crippen molar-refractivity contribution >= 4 is 21.7 Å². The van der Waals surface area contributed by atoms with E-state index in [1.807, 2.05) is 0 Å². The van der Waals surface area contributed by atoms with Crippen LogP contribution in [-0.2, 0) is 36.3 Å². The van der Waals surface area contributed by atoms with Gasteiger partial charge in [-0.25, -0.2) is 21.6 Å². The van der Waals surface area contributed by atoms with Crippen LogP contribution in [0.1, 0.15) is 41.5 Å². The van der Waals surface area contributed by atoms with E-state index in [4.69, 9.17) is 0 Å². The number of aryl methyl sites for hydroxylation is 2. The number of fused-ring (bicyclic) bond motifs is 3. The van der Waals surface area contributed by atoms with Crippen LogP contribution in [0.15, 0.2) is 41.3 Å². The van der Waals surface area contributed by atoms with Crippen molar-refractivity contribution < 1.29 is 57.5 Å². The van der Waals surface area contributed by atoms with Gasteiger partial charge in [-0.15, -0.1) is 0 Å². The molecule has 2 aliphatic heterocycles. The second-order valence-corrected chi connectivity index (χ2v) is 13.5. The molecule has 44 heavy (non-hydrogen) atoms. The quantitative estimate of drug-likeness (QED) is 0.335. The van der Waals surface area contributed by atoms with Gasteiger partial charge in [0.25, 0.3) is 5.91 Å². The average molecular weight is 657 g/mol. The number of nitrogens with zero attached hydrogens (tertiary/aromatic N) is 2. The first-order valence-electron chi connectivity index (χ1n) is 13.4. The number of carbonyl (C=O) groups is 2. The highest BCUT2D eigenvalue weighted by Gasteiger charge is 2.74. The Morgan fingerprint density at radius 2 is 1.64 bits per heavy atom. The van der Waals surface area contributed by atoms with Gasteiger partial charge < -0.3 is 9.80 Å². The van der Waals surface area contributed by atoms with Crippen LogP contribution in [0.2, 0.25) is 0 Å². The third-order valence-corrected chi connectivity index (χ3v) is 11.6. The molecule has 0 saturated carbocycles. The number of rotatable bonds is 4. The molecule has 0 aromatic heterocycles. The first-order valence-corrected chi connectivity index (χ1v) is 14.9. The van der Waals surface area contributed by atoms with E-state index < -0.39 is 91.8 Å². The number of benzene rings is 2. The number of sulfone groups is 1. The lowest BCUT2D eigenvalue weighted by atomic mass is 9.76. The molecule has 2 unspecified atom stereocenters. The summed E-state index contributed by atoms with van der Waals surface area (Å²) in [5, 5.41) is 0. The summed E-state index contributed by atoms with van der Waals surface area (Å²) in [6, 6.07) is 1.59. The number of likely N-dealkylation sites (tertiary alicyclic amines) is 2. The summed E-state index contributed by atoms with van der Waals surface area (Å²) in [6.45, 7) is 1.00. The molecule has 0 N–H and O–H groups in total. The van der Waals surface area contributed by atoms with E-state index in [1.165, 1.54) is 14.0 Å². The molecule has 240 valence electrons. The molecule has 16 heteroatoms. The largest absolute Gasteiger partial charge is 0.435 e. The molecule has 2 aromatic rings. The van der Waals surface area contributed by atoms with Crippen LogP contribution >= 0.6 is 0 Å². The van der Waals surface area contributed by atoms with Crippen LogP contribution < -0.4 is 0 Å². The molecule has 2 saturated heterocycles. The summed E-state index contributed by atoms with van der Waals surface area (Å²) < 4.78 is 151. The zero-order valence-electron chi connectivity index (χ0n) is 23.1. The van der Waals surface area contributed by atoms with Gasteiger partial charge in [-0.05, 0) is 61.1 Å². The molecule has 3 aliphatic rings. The predicted molar refractivity (Wildman–Crippen MR) is 136 cm³/mol. The minimum Gasteiger partial charge on any atom is -0.336 e. The van der Waals surface area contributed by atoms with Crippen molar-refractivity contribution in [3.8, 4) is 0 Å². The molecule has 2 aromatic carbocycles. The number of hydrogen-bond acceptors (Lipinski definition) is 4. The van der Waals surface area contributed by atoms with Gasteiger partial charge in [0.2, 0.25) is 5.91 Å². The van der Waals surface area contributed by atoms with E-state index in [2.05, 4.69) is 0 Å². The molecular weight excluding hydrogens is 631 g/mol. The van der Waals surface area contributed by atoms with Crippen LogP contribution in [0.25, 0.3) is 0 Å². The van der Waals surface area contributed by atoms with Gasteiger partial charge in [-0.2, -0.15) is 26.3 Å². The topological polar surface area (TPSA) is 74.8 Å². The van der Waals surface area contributed by atoms with E-state index in [1.54, 1.807) is 0 Å². The number of hydrogen-bond donors (Lipinski definition) is 0. The van der Waals surface area contributed by atoms with Gasteiger partial charge in [0.15, 0.2) is 16.0 Å². The van der Waals surface area contributed by atoms with Crippen molar-refractivity contribution in [1.29, 1.82) is 0 Å². The Hall–Kier alpha value is -3.30. The lowest BCUT2D eigenvalue weighted by molar-refractivity contribution is -0.348. The van der Waals surface area contributed by atoms with E-state index in [0.717, 1.165) is 28.0 Å². The summed E-state index contributed by atoms with van der Waals surface area (Å²) in [5.41, 5.74) is -8.16. The van der Waals surface area contributed by atoms with Crippen molar-refractivity contribution in [3.05, 3.63) is 64.5 Å². The zero-order chi connectivity index (χ0) is 32.8. The lowest BCUT2D eigenvalue weighted by Gasteiger charge is -2.43. The Labute approximate surface area is 245 Å². The zero-order valence-corrected chi connectivity index (χ0v) is 23.9. The van der Waals surface area contributed by atoms with Gasteiger partial charge in [0.1, 0.15) is 16.6 Å². The van der Waals surface area contributed by atoms with E-state index in [-0.39, 0.29) is 42.1 Å². The summed E-state index contributed by atoms with van der Waals surface area (Å²) in [4.78, 5) is 27.3. The first kappa shape index (κ1) is 32.1. The summed E-state index contributed by atoms with van der Waals surface area (Å²) in [6.07, 6.45) is -16.3. The van der Waals surface area contributed by atoms with Gasteiger partial charge in [0, 0.05) is 25.6 Å². The average Bonchev–Trinajstić information content (AvgIpc) is 3.46. The highest BCUT2D eigenvalue weighted by atomic mass is 32.2. The highest BCUT2D eigenvalue weighted by molar-refractivity contribution is 7.92. The maximum absolute atomic E-state index is 15.0. The maximum Gasteiger partial charge on any atom is 0.435 e. The maximum atomic E-state index is 15.0. The number of alkyl halides is 8. The van der Waals surface area contributed by atoms with Gasteiger partial charge in [-0.1, -0.05) is 18.2 Å². The number of halogens is 9. The first-order chi connectivity index (χ1) is 20.2. The number of amides is 2. The third-order valence-electron chi connectivity index (χ3n) is 9.07. The van der Waals surface area contributed by atoms with Gasteiger partial charge in [0.05, 0.1) is 10.9 Å². The summed E-state index contributed by atoms with van der Waals surface area (Å²) in [5.74, 6) is -2.48. The minimum atomic E-state index is -6.40. The highest BCUT2D eigenvalue weighted by Crippen LogP contribution is 2.57. The van der Waals surface area contributed by atoms with Crippen LogP contribution in [0, 0.1) is 12.7 Å². The molecule has 2 fully saturated rings. The van der Waals surface area contributed by atoms with Crippen molar-refractivity contribution in [2.24, 2.45) is 0 Å². The Morgan fingerprint density at radius 3 is 2.18 bits per heavy atom. The number of carbonyl (C=O) groups excluding carboxylic acids is 2. The van der Waals surface area contributed by atoms with Crippen LogP contribution in [0.4, 0.5) is 39.5 Å². The third kappa shape index (κ3) is 4.33. The van der Waals surface area contributed by atoms with E-state index >= 15 is 0 Å². The molecule has 0 radical (unpaired) electrons. The molecule has 0 spiro atoms. The van der Waals surface area contributed by atoms with Crippen LogP contribution in [-0.4, -0.2) is 74.2 Å². The fraction of sp³-hybridized carbons (Fsp3) is 0.500. The molecule has 0 bridgehead atoms. The molecule has 5 rings (SSSR count). The molecular formula is C28H25F9N2O4S. The molecule has 4 atom stereocenters. The SMILES string of the molecule is Cc1cc(S(=O)(=O)C23CCN(C(=O)[C@@H]4C[C@H](F)C(=O)N4C)C2CCc2cc(C(F)(C(F)(F)F)C(F)(F)F)ccc23)ccc1F. The fourth-order valence-electron chi connectivity index (χ4n) is 6.78. The number of likely N-dealkylation sites (N-methyl/N-ethyl adjacent to an activating group) is 1. The summed E-state index contributed by atoms with van der Waals surface area (Å²) in [7, 11) is -3.49. The van der Waals surface area contributed by atoms with Gasteiger partial charge in [-0.3, -0.25) is 9.59 Å². The van der Waals surface area contributed by atoms with Crippen molar-refractivity contribution in [2.45, 2.75) is 78.5 Å². The lowest BCUT2D eigenvalue weighted by Crippen LogP contribution is -2.55. The minimum absolute atomic E-state index is 0.0750. The molecule has 2 amide bonds. The van der Waals surface area contributed by atoms with Crippen LogP contribution in [0.5, 0.6) is 0 Å². The Morgan fingerprint density at radius 1 is 1.00 bits per heavy atom. The standard InChI is InChI=1S/C28H25F9N2O4S/c1-14-11-17(5-7-19(14)29)44(42,43)25-9-10-39(24(41)21-13-20(30)23(40)38(21)2)22(25)8-3-15-12-16(4-6-18(15)25)26(31,27(32,33)34)28(35,36)37/h4-7,11-12,20-22H,3,8-10,13H2,1-2H3/t20-,21-,22?,25?/m0/s1. The Balaban J connectivity index is 1.70. The summed E-state index contributed by atoms with van der Waals surface area (Å²) >= 11 is 0. The smallest absolute Gasteiger partial charge is 0.336 e. The van der Waals surface area contributed by atoms with Gasteiger partial charge >= 0.3 is 18.0 Å². The van der Waals surface area contributed by atoms with Crippen molar-refractivity contribution in [2.75, 3.05) is 13.6 Å². The second-order valence-electron chi connectivity index (χ2n) is 11.3. The van der Waals surface area contributed by atoms with Crippen molar-refractivity contribution in [1.82, 2.24) is 9.80 Å². The second kappa shape index (κ2) is 10.1. The van der Waals surface area contributed by atoms with E-state index in [9.17, 15) is 57.5 Å². The van der Waals surface area contributed by atoms with E-state index in [0.29, 0.717) is 12.1 Å². The molecule has 2 heterocycles. The van der Waals surface area contributed by atoms with Crippen molar-refractivity contribution in [3.63, 3.8) is 0 Å².